The van der Waals surface area contributed by atoms with E-state index in [0.717, 1.165) is 5.56 Å². The minimum Gasteiger partial charge on any atom is -0.382 e. The second kappa shape index (κ2) is 9.19. The Kier molecular flexibility index (Phi) is 7.18. The second-order valence-electron chi connectivity index (χ2n) is 7.36. The maximum Gasteiger partial charge on any atom is 0.311 e. The number of amides is 1. The first-order valence-electron chi connectivity index (χ1n) is 9.15. The van der Waals surface area contributed by atoms with Gasteiger partial charge in [-0.3, -0.25) is 4.79 Å². The van der Waals surface area contributed by atoms with Crippen LogP contribution >= 0.6 is 0 Å². The third kappa shape index (κ3) is 6.05. The van der Waals surface area contributed by atoms with Crippen molar-refractivity contribution in [1.29, 1.82) is 0 Å². The van der Waals surface area contributed by atoms with Crippen LogP contribution in [0.3, 0.4) is 0 Å². The lowest BCUT2D eigenvalue weighted by molar-refractivity contribution is 0.0722. The van der Waals surface area contributed by atoms with Crippen molar-refractivity contribution >= 4 is 16.0 Å². The van der Waals surface area contributed by atoms with Gasteiger partial charge < -0.3 is 9.08 Å². The molecule has 0 spiro atoms. The van der Waals surface area contributed by atoms with E-state index in [1.165, 1.54) is 18.2 Å². The number of nitrogens with zero attached hydrogens (tertiary/aromatic N) is 1. The minimum atomic E-state index is -3.66. The van der Waals surface area contributed by atoms with E-state index >= 15 is 0 Å². The molecule has 0 fully saturated rings. The summed E-state index contributed by atoms with van der Waals surface area (Å²) in [6.07, 6.45) is 0. The van der Waals surface area contributed by atoms with Crippen molar-refractivity contribution in [2.75, 3.05) is 6.54 Å². The van der Waals surface area contributed by atoms with Crippen LogP contribution in [-0.2, 0) is 16.7 Å². The zero-order valence-corrected chi connectivity index (χ0v) is 17.4. The SMILES string of the molecule is CC(C)CN(Cc1ccc(OS(=O)(=O)C(C)C)cc1)C(=O)c1cccc(F)c1. The smallest absolute Gasteiger partial charge is 0.311 e. The first kappa shape index (κ1) is 21.9. The van der Waals surface area contributed by atoms with Gasteiger partial charge in [-0.15, -0.1) is 0 Å². The topological polar surface area (TPSA) is 63.7 Å². The van der Waals surface area contributed by atoms with Crippen LogP contribution in [0.25, 0.3) is 0 Å². The molecule has 0 aliphatic rings. The standard InChI is InChI=1S/C21H26FNO4S/c1-15(2)13-23(21(24)18-6-5-7-19(22)12-18)14-17-8-10-20(11-9-17)27-28(25,26)16(3)4/h5-12,15-16H,13-14H2,1-4H3. The first-order chi connectivity index (χ1) is 13.1. The van der Waals surface area contributed by atoms with Gasteiger partial charge in [-0.1, -0.05) is 32.0 Å². The van der Waals surface area contributed by atoms with Crippen LogP contribution in [0.2, 0.25) is 0 Å². The molecular formula is C21H26FNO4S. The average Bonchev–Trinajstić information content (AvgIpc) is 2.61. The number of rotatable bonds is 8. The summed E-state index contributed by atoms with van der Waals surface area (Å²) >= 11 is 0. The largest absolute Gasteiger partial charge is 0.382 e. The van der Waals surface area contributed by atoms with Crippen LogP contribution in [0.5, 0.6) is 5.75 Å². The lowest BCUT2D eigenvalue weighted by Gasteiger charge is -2.25. The van der Waals surface area contributed by atoms with E-state index in [1.54, 1.807) is 49.1 Å². The molecule has 7 heteroatoms. The van der Waals surface area contributed by atoms with E-state index in [1.807, 2.05) is 13.8 Å². The Labute approximate surface area is 166 Å². The Balaban J connectivity index is 2.17. The fraction of sp³-hybridized carbons (Fsp3) is 0.381. The van der Waals surface area contributed by atoms with Gasteiger partial charge in [-0.05, 0) is 55.7 Å². The molecule has 5 nitrogen and oxygen atoms in total. The highest BCUT2D eigenvalue weighted by molar-refractivity contribution is 7.87. The van der Waals surface area contributed by atoms with E-state index in [4.69, 9.17) is 4.18 Å². The van der Waals surface area contributed by atoms with E-state index in [2.05, 4.69) is 0 Å². The molecule has 0 bridgehead atoms. The molecule has 2 rings (SSSR count). The molecule has 0 heterocycles. The van der Waals surface area contributed by atoms with Gasteiger partial charge in [0.1, 0.15) is 11.6 Å². The van der Waals surface area contributed by atoms with Crippen molar-refractivity contribution in [3.8, 4) is 5.75 Å². The molecule has 2 aromatic rings. The molecule has 0 N–H and O–H groups in total. The summed E-state index contributed by atoms with van der Waals surface area (Å²) in [5.41, 5.74) is 1.11. The number of hydrogen-bond donors (Lipinski definition) is 0. The van der Waals surface area contributed by atoms with E-state index in [9.17, 15) is 17.6 Å². The normalized spacial score (nSPS) is 11.7. The first-order valence-corrected chi connectivity index (χ1v) is 10.6. The molecule has 0 saturated heterocycles. The van der Waals surface area contributed by atoms with Crippen LogP contribution in [0.4, 0.5) is 4.39 Å². The Morgan fingerprint density at radius 2 is 1.71 bits per heavy atom. The highest BCUT2D eigenvalue weighted by atomic mass is 32.2. The highest BCUT2D eigenvalue weighted by Crippen LogP contribution is 2.19. The summed E-state index contributed by atoms with van der Waals surface area (Å²) in [5, 5.41) is -0.641. The van der Waals surface area contributed by atoms with E-state index in [-0.39, 0.29) is 17.6 Å². The Hall–Kier alpha value is -2.41. The second-order valence-corrected chi connectivity index (χ2v) is 9.45. The molecule has 152 valence electrons. The third-order valence-corrected chi connectivity index (χ3v) is 5.61. The molecule has 0 saturated carbocycles. The van der Waals surface area contributed by atoms with Crippen LogP contribution in [-0.4, -0.2) is 31.0 Å². The summed E-state index contributed by atoms with van der Waals surface area (Å²) in [6.45, 7) is 7.93. The fourth-order valence-corrected chi connectivity index (χ4v) is 3.14. The lowest BCUT2D eigenvalue weighted by Crippen LogP contribution is -2.33. The summed E-state index contributed by atoms with van der Waals surface area (Å²) in [5.74, 6) is -0.250. The third-order valence-electron chi connectivity index (χ3n) is 4.03. The van der Waals surface area contributed by atoms with Crippen LogP contribution in [0.15, 0.2) is 48.5 Å². The van der Waals surface area contributed by atoms with Gasteiger partial charge in [0.05, 0.1) is 5.25 Å². The van der Waals surface area contributed by atoms with Gasteiger partial charge in [-0.25, -0.2) is 4.39 Å². The molecule has 0 unspecified atom stereocenters. The highest BCUT2D eigenvalue weighted by Gasteiger charge is 2.20. The number of benzene rings is 2. The Morgan fingerprint density at radius 3 is 2.25 bits per heavy atom. The van der Waals surface area contributed by atoms with Gasteiger partial charge in [0.2, 0.25) is 0 Å². The van der Waals surface area contributed by atoms with E-state index in [0.29, 0.717) is 18.7 Å². The fourth-order valence-electron chi connectivity index (χ4n) is 2.57. The van der Waals surface area contributed by atoms with Gasteiger partial charge in [0.15, 0.2) is 0 Å². The molecule has 28 heavy (non-hydrogen) atoms. The van der Waals surface area contributed by atoms with Crippen LogP contribution in [0.1, 0.15) is 43.6 Å². The predicted octanol–water partition coefficient (Wildman–Crippen LogP) is 4.24. The van der Waals surface area contributed by atoms with E-state index < -0.39 is 21.2 Å². The number of carbonyl (C=O) groups is 1. The van der Waals surface area contributed by atoms with Gasteiger partial charge in [0.25, 0.3) is 5.91 Å². The monoisotopic (exact) mass is 407 g/mol. The Morgan fingerprint density at radius 1 is 1.07 bits per heavy atom. The number of halogens is 1. The van der Waals surface area contributed by atoms with Gasteiger partial charge in [0, 0.05) is 18.7 Å². The molecule has 0 radical (unpaired) electrons. The average molecular weight is 408 g/mol. The maximum atomic E-state index is 13.5. The van der Waals surface area contributed by atoms with Gasteiger partial charge >= 0.3 is 10.1 Å². The molecule has 1 amide bonds. The summed E-state index contributed by atoms with van der Waals surface area (Å²) in [6, 6.07) is 12.2. The predicted molar refractivity (Wildman–Crippen MR) is 107 cm³/mol. The molecule has 2 aromatic carbocycles. The molecular weight excluding hydrogens is 381 g/mol. The van der Waals surface area contributed by atoms with Crippen molar-refractivity contribution in [2.45, 2.75) is 39.5 Å². The zero-order valence-electron chi connectivity index (χ0n) is 16.6. The van der Waals surface area contributed by atoms with Crippen molar-refractivity contribution in [3.05, 3.63) is 65.5 Å². The van der Waals surface area contributed by atoms with Crippen molar-refractivity contribution in [3.63, 3.8) is 0 Å². The van der Waals surface area contributed by atoms with Crippen molar-refractivity contribution in [2.24, 2.45) is 5.92 Å². The maximum absolute atomic E-state index is 13.5. The quantitative estimate of drug-likeness (QED) is 0.614. The van der Waals surface area contributed by atoms with Crippen LogP contribution < -0.4 is 4.18 Å². The Bertz CT molecular complexity index is 908. The number of carbonyl (C=O) groups excluding carboxylic acids is 1. The molecule has 0 aliphatic carbocycles. The van der Waals surface area contributed by atoms with Crippen molar-refractivity contribution in [1.82, 2.24) is 4.90 Å². The molecule has 0 aromatic heterocycles. The summed E-state index contributed by atoms with van der Waals surface area (Å²) in [7, 11) is -3.66. The minimum absolute atomic E-state index is 0.226. The van der Waals surface area contributed by atoms with Crippen molar-refractivity contribution < 1.29 is 21.8 Å². The zero-order chi connectivity index (χ0) is 20.9. The summed E-state index contributed by atoms with van der Waals surface area (Å²) in [4.78, 5) is 14.5. The van der Waals surface area contributed by atoms with Crippen LogP contribution in [0, 0.1) is 11.7 Å². The van der Waals surface area contributed by atoms with Gasteiger partial charge in [-0.2, -0.15) is 8.42 Å². The molecule has 0 atom stereocenters. The number of hydrogen-bond acceptors (Lipinski definition) is 4. The lowest BCUT2D eigenvalue weighted by atomic mass is 10.1. The summed E-state index contributed by atoms with van der Waals surface area (Å²) < 4.78 is 42.3. The molecule has 0 aliphatic heterocycles.